The van der Waals surface area contributed by atoms with E-state index in [9.17, 15) is 49.2 Å². The second-order valence-electron chi connectivity index (χ2n) is 19.2. The van der Waals surface area contributed by atoms with Crippen molar-refractivity contribution in [1.82, 2.24) is 20.8 Å². The summed E-state index contributed by atoms with van der Waals surface area (Å²) in [6, 6.07) is 27.2. The molecule has 3 fully saturated rings. The maximum absolute atomic E-state index is 14.0. The van der Waals surface area contributed by atoms with Gasteiger partial charge in [0, 0.05) is 52.0 Å². The SMILES string of the molecule is CCN1CCC(C(=O)NO)(S(=O)(=O)c2ccc(-c3ccc(CCC(C)(F)F)cc3)cc2)CC1.CCN1CCC(C(=O)NOC2CCCCO2)(S(=O)(=O)c2ccc(-c3ccc(CCC(C)(F)F)cc3)cc2)CC1.Cl. The molecule has 0 aromatic heterocycles. The first-order chi connectivity index (χ1) is 34.1. The van der Waals surface area contributed by atoms with Gasteiger partial charge >= 0.3 is 0 Å². The van der Waals surface area contributed by atoms with Gasteiger partial charge in [-0.3, -0.25) is 14.8 Å². The van der Waals surface area contributed by atoms with Crippen LogP contribution in [-0.2, 0) is 51.7 Å². The van der Waals surface area contributed by atoms with Gasteiger partial charge in [-0.15, -0.1) is 12.4 Å². The van der Waals surface area contributed by atoms with Gasteiger partial charge in [0.15, 0.2) is 35.5 Å². The van der Waals surface area contributed by atoms with Crippen LogP contribution in [0.15, 0.2) is 107 Å². The lowest BCUT2D eigenvalue weighted by molar-refractivity contribution is -0.202. The van der Waals surface area contributed by atoms with Crippen molar-refractivity contribution >= 4 is 43.9 Å². The number of nitrogens with one attached hydrogen (secondary N) is 2. The van der Waals surface area contributed by atoms with Gasteiger partial charge in [0.1, 0.15) is 0 Å². The van der Waals surface area contributed by atoms with E-state index in [2.05, 4.69) is 15.3 Å². The maximum Gasteiger partial charge on any atom is 0.265 e. The molecule has 3 heterocycles. The molecule has 3 aliphatic rings. The number of hydroxylamine groups is 2. The highest BCUT2D eigenvalue weighted by atomic mass is 35.5. The van der Waals surface area contributed by atoms with Gasteiger partial charge in [-0.25, -0.2) is 50.2 Å². The predicted octanol–water partition coefficient (Wildman–Crippen LogP) is 9.64. The minimum absolute atomic E-state index is 0. The highest BCUT2D eigenvalue weighted by Gasteiger charge is 2.54. The Hall–Kier alpha value is -4.47. The standard InChI is InChI=1S/C29H38F2N2O5S.C24H30F2N2O4S.ClH/c1-3-33-19-17-29(18-20-33,27(34)32-38-26-6-4-5-21-37-26)39(35,36)25-13-11-24(12-14-25)23-9-7-22(8-10-23)15-16-28(2,30)31;1-3-28-16-14-24(15-17-28,22(29)27-30)33(31,32)21-10-8-20(9-11-21)19-6-4-18(5-7-19)12-13-23(2,25)26;/h7-14,26H,3-6,15-21H2,1-2H3,(H,32,34);4-11,30H,3,12-17H2,1-2H3,(H,27,29);1H. The second-order valence-corrected chi connectivity index (χ2v) is 23.8. The van der Waals surface area contributed by atoms with Crippen LogP contribution in [0.25, 0.3) is 22.3 Å². The van der Waals surface area contributed by atoms with Crippen LogP contribution in [0.2, 0.25) is 0 Å². The van der Waals surface area contributed by atoms with E-state index in [1.165, 1.54) is 24.3 Å². The summed E-state index contributed by atoms with van der Waals surface area (Å²) in [5, 5.41) is 9.26. The first-order valence-electron chi connectivity index (χ1n) is 24.7. The molecule has 0 bridgehead atoms. The average molecular weight is 1080 g/mol. The number of hydrogen-bond acceptors (Lipinski definition) is 11. The molecule has 73 heavy (non-hydrogen) atoms. The normalized spacial score (nSPS) is 18.6. The Bertz CT molecular complexity index is 2630. The number of nitrogens with zero attached hydrogens (tertiary/aromatic N) is 2. The number of sulfone groups is 2. The number of benzene rings is 4. The van der Waals surface area contributed by atoms with Crippen LogP contribution in [0.4, 0.5) is 17.6 Å². The predicted molar refractivity (Wildman–Crippen MR) is 274 cm³/mol. The lowest BCUT2D eigenvalue weighted by Crippen LogP contribution is -2.58. The van der Waals surface area contributed by atoms with Gasteiger partial charge in [0.05, 0.1) is 9.79 Å². The quantitative estimate of drug-likeness (QED) is 0.0492. The number of alkyl halides is 4. The lowest BCUT2D eigenvalue weighted by atomic mass is 9.95. The van der Waals surface area contributed by atoms with Crippen molar-refractivity contribution in [3.8, 4) is 22.3 Å². The van der Waals surface area contributed by atoms with E-state index in [0.29, 0.717) is 39.2 Å². The number of likely N-dealkylation sites (tertiary alicyclic amines) is 2. The molecule has 0 radical (unpaired) electrons. The van der Waals surface area contributed by atoms with Gasteiger partial charge in [-0.1, -0.05) is 86.6 Å². The van der Waals surface area contributed by atoms with Crippen molar-refractivity contribution in [1.29, 1.82) is 0 Å². The molecular weight excluding hydrogens is 1010 g/mol. The largest absolute Gasteiger partial charge is 0.350 e. The number of aryl methyl sites for hydroxylation is 2. The molecular formula is C53H69ClF4N4O9S2. The van der Waals surface area contributed by atoms with Crippen molar-refractivity contribution in [2.75, 3.05) is 45.9 Å². The van der Waals surface area contributed by atoms with E-state index in [-0.39, 0.29) is 73.6 Å². The minimum Gasteiger partial charge on any atom is -0.350 e. The zero-order valence-corrected chi connectivity index (χ0v) is 44.3. The molecule has 3 saturated heterocycles. The van der Waals surface area contributed by atoms with Crippen LogP contribution in [0.1, 0.15) is 96.6 Å². The highest BCUT2D eigenvalue weighted by molar-refractivity contribution is 7.94. The molecule has 13 nitrogen and oxygen atoms in total. The van der Waals surface area contributed by atoms with E-state index in [4.69, 9.17) is 9.57 Å². The number of hydrogen-bond donors (Lipinski definition) is 3. The van der Waals surface area contributed by atoms with Crippen molar-refractivity contribution in [3.63, 3.8) is 0 Å². The van der Waals surface area contributed by atoms with Crippen molar-refractivity contribution in [2.45, 2.75) is 136 Å². The first kappa shape index (κ1) is 59.4. The Morgan fingerprint density at radius 2 is 0.986 bits per heavy atom. The summed E-state index contributed by atoms with van der Waals surface area (Å²) in [6.07, 6.45) is 2.50. The number of ether oxygens (including phenoxy) is 1. The molecule has 20 heteroatoms. The molecule has 7 rings (SSSR count). The summed E-state index contributed by atoms with van der Waals surface area (Å²) < 4.78 is 110. The molecule has 4 aromatic carbocycles. The summed E-state index contributed by atoms with van der Waals surface area (Å²) in [5.74, 6) is -6.99. The fourth-order valence-corrected chi connectivity index (χ4v) is 13.3. The van der Waals surface area contributed by atoms with Gasteiger partial charge in [0.25, 0.3) is 11.8 Å². The average Bonchev–Trinajstić information content (AvgIpc) is 3.39. The second kappa shape index (κ2) is 25.4. The molecule has 1 atom stereocenters. The van der Waals surface area contributed by atoms with Crippen LogP contribution < -0.4 is 11.0 Å². The van der Waals surface area contributed by atoms with Gasteiger partial charge in [-0.05, 0) is 136 Å². The molecule has 402 valence electrons. The Morgan fingerprint density at radius 1 is 0.630 bits per heavy atom. The molecule has 2 amide bonds. The van der Waals surface area contributed by atoms with Crippen molar-refractivity contribution in [2.24, 2.45) is 0 Å². The molecule has 0 spiro atoms. The molecule has 0 saturated carbocycles. The molecule has 0 aliphatic carbocycles. The van der Waals surface area contributed by atoms with E-state index >= 15 is 0 Å². The van der Waals surface area contributed by atoms with Crippen LogP contribution in [-0.4, -0.2) is 117 Å². The van der Waals surface area contributed by atoms with Crippen molar-refractivity contribution in [3.05, 3.63) is 108 Å². The zero-order valence-electron chi connectivity index (χ0n) is 41.9. The Kier molecular flexibility index (Phi) is 20.7. The van der Waals surface area contributed by atoms with E-state index in [0.717, 1.165) is 73.2 Å². The summed E-state index contributed by atoms with van der Waals surface area (Å²) in [4.78, 5) is 35.8. The van der Waals surface area contributed by atoms with Crippen LogP contribution in [0, 0.1) is 0 Å². The zero-order chi connectivity index (χ0) is 52.4. The molecule has 4 aromatic rings. The topological polar surface area (TPSA) is 172 Å². The summed E-state index contributed by atoms with van der Waals surface area (Å²) in [5.41, 5.74) is 8.82. The Balaban J connectivity index is 0.000000271. The third-order valence-electron chi connectivity index (χ3n) is 14.2. The van der Waals surface area contributed by atoms with E-state index in [1.807, 2.05) is 50.2 Å². The highest BCUT2D eigenvalue weighted by Crippen LogP contribution is 2.39. The number of piperidine rings is 2. The number of carbonyl (C=O) groups excluding carboxylic acids is 2. The van der Waals surface area contributed by atoms with Gasteiger partial charge < -0.3 is 14.5 Å². The lowest BCUT2D eigenvalue weighted by Gasteiger charge is -2.39. The Morgan fingerprint density at radius 3 is 1.30 bits per heavy atom. The van der Waals surface area contributed by atoms with Crippen LogP contribution in [0.3, 0.4) is 0 Å². The number of halogens is 5. The molecule has 1 unspecified atom stereocenters. The maximum atomic E-state index is 14.0. The fraction of sp³-hybridized carbons (Fsp3) is 0.509. The minimum atomic E-state index is -4.07. The first-order valence-corrected chi connectivity index (χ1v) is 27.6. The van der Waals surface area contributed by atoms with E-state index in [1.54, 1.807) is 41.9 Å². The van der Waals surface area contributed by atoms with E-state index < -0.39 is 59.1 Å². The summed E-state index contributed by atoms with van der Waals surface area (Å²) >= 11 is 0. The fourth-order valence-electron chi connectivity index (χ4n) is 9.37. The number of carbonyl (C=O) groups is 2. The number of rotatable bonds is 18. The third kappa shape index (κ3) is 14.7. The molecule has 3 aliphatic heterocycles. The van der Waals surface area contributed by atoms with Crippen LogP contribution in [0.5, 0.6) is 0 Å². The third-order valence-corrected chi connectivity index (χ3v) is 19.2. The molecule has 3 N–H and O–H groups in total. The van der Waals surface area contributed by atoms with Crippen LogP contribution >= 0.6 is 12.4 Å². The number of amides is 2. The summed E-state index contributed by atoms with van der Waals surface area (Å²) in [7, 11) is -8.13. The van der Waals surface area contributed by atoms with Gasteiger partial charge in [0.2, 0.25) is 11.8 Å². The smallest absolute Gasteiger partial charge is 0.265 e. The van der Waals surface area contributed by atoms with Crippen molar-refractivity contribution < 1.29 is 58.8 Å². The summed E-state index contributed by atoms with van der Waals surface area (Å²) in [6.45, 7) is 9.72. The Labute approximate surface area is 433 Å². The monoisotopic (exact) mass is 1080 g/mol. The van der Waals surface area contributed by atoms with Gasteiger partial charge in [-0.2, -0.15) is 0 Å².